The van der Waals surface area contributed by atoms with E-state index in [4.69, 9.17) is 5.73 Å². The second-order valence-corrected chi connectivity index (χ2v) is 6.64. The zero-order chi connectivity index (χ0) is 13.9. The fourth-order valence-corrected chi connectivity index (χ4v) is 3.61. The number of amides is 1. The number of hydrogen-bond acceptors (Lipinski definition) is 3. The number of carbonyl (C=O) groups is 1. The van der Waals surface area contributed by atoms with Crippen molar-refractivity contribution in [3.63, 3.8) is 0 Å². The number of rotatable bonds is 4. The third-order valence-electron chi connectivity index (χ3n) is 4.74. The Balaban J connectivity index is 1.98. The molecule has 2 fully saturated rings. The zero-order valence-corrected chi connectivity index (χ0v) is 12.5. The van der Waals surface area contributed by atoms with Gasteiger partial charge in [0.2, 0.25) is 5.91 Å². The third kappa shape index (κ3) is 3.29. The summed E-state index contributed by atoms with van der Waals surface area (Å²) < 4.78 is 0. The largest absolute Gasteiger partial charge is 0.340 e. The Kier molecular flexibility index (Phi) is 4.85. The van der Waals surface area contributed by atoms with E-state index in [2.05, 4.69) is 18.7 Å². The summed E-state index contributed by atoms with van der Waals surface area (Å²) in [4.78, 5) is 16.7. The van der Waals surface area contributed by atoms with E-state index < -0.39 is 0 Å². The lowest BCUT2D eigenvalue weighted by Gasteiger charge is -2.49. The van der Waals surface area contributed by atoms with Crippen molar-refractivity contribution >= 4 is 5.91 Å². The molecule has 19 heavy (non-hydrogen) atoms. The molecule has 2 rings (SSSR count). The molecule has 0 radical (unpaired) electrons. The molecular weight excluding hydrogens is 238 g/mol. The fraction of sp³-hybridized carbons (Fsp3) is 0.933. The molecule has 1 amide bonds. The molecule has 4 nitrogen and oxygen atoms in total. The molecule has 1 saturated heterocycles. The topological polar surface area (TPSA) is 49.6 Å². The van der Waals surface area contributed by atoms with Crippen molar-refractivity contribution in [3.8, 4) is 0 Å². The second-order valence-electron chi connectivity index (χ2n) is 6.64. The average Bonchev–Trinajstić information content (AvgIpc) is 2.41. The van der Waals surface area contributed by atoms with Crippen LogP contribution in [0.2, 0.25) is 0 Å². The summed E-state index contributed by atoms with van der Waals surface area (Å²) in [6, 6.07) is 0. The molecule has 2 N–H and O–H groups in total. The summed E-state index contributed by atoms with van der Waals surface area (Å²) in [5.74, 6) is 0.840. The highest BCUT2D eigenvalue weighted by Crippen LogP contribution is 2.33. The third-order valence-corrected chi connectivity index (χ3v) is 4.74. The van der Waals surface area contributed by atoms with Crippen molar-refractivity contribution in [2.75, 3.05) is 32.7 Å². The first-order valence-electron chi connectivity index (χ1n) is 7.80. The molecule has 0 spiro atoms. The van der Waals surface area contributed by atoms with Crippen LogP contribution in [0, 0.1) is 5.92 Å². The maximum absolute atomic E-state index is 12.3. The van der Waals surface area contributed by atoms with Crippen molar-refractivity contribution in [2.24, 2.45) is 11.7 Å². The lowest BCUT2D eigenvalue weighted by molar-refractivity contribution is -0.140. The Morgan fingerprint density at radius 3 is 2.42 bits per heavy atom. The smallest absolute Gasteiger partial charge is 0.236 e. The van der Waals surface area contributed by atoms with Crippen LogP contribution >= 0.6 is 0 Å². The van der Waals surface area contributed by atoms with Gasteiger partial charge < -0.3 is 10.6 Å². The maximum Gasteiger partial charge on any atom is 0.236 e. The first-order valence-corrected chi connectivity index (χ1v) is 7.80. The van der Waals surface area contributed by atoms with Gasteiger partial charge >= 0.3 is 0 Å². The number of carbonyl (C=O) groups excluding carboxylic acids is 1. The molecule has 110 valence electrons. The minimum atomic E-state index is 0.109. The van der Waals surface area contributed by atoms with E-state index in [1.54, 1.807) is 0 Å². The summed E-state index contributed by atoms with van der Waals surface area (Å²) in [7, 11) is 0. The molecule has 2 aliphatic rings. The standard InChI is InChI=1S/C15H29N3O/c1-13(2)10-17-8-9-18(11-14(17)19)15(12-16)6-4-3-5-7-15/h13H,3-12,16H2,1-2H3. The lowest BCUT2D eigenvalue weighted by Crippen LogP contribution is -2.62. The summed E-state index contributed by atoms with van der Waals surface area (Å²) >= 11 is 0. The van der Waals surface area contributed by atoms with Crippen LogP contribution < -0.4 is 5.73 Å². The van der Waals surface area contributed by atoms with E-state index in [-0.39, 0.29) is 5.54 Å². The van der Waals surface area contributed by atoms with Crippen LogP contribution in [0.1, 0.15) is 46.0 Å². The molecule has 1 saturated carbocycles. The number of nitrogens with two attached hydrogens (primary N) is 1. The Bertz CT molecular complexity index is 311. The van der Waals surface area contributed by atoms with Crippen molar-refractivity contribution in [2.45, 2.75) is 51.5 Å². The van der Waals surface area contributed by atoms with E-state index in [9.17, 15) is 4.79 Å². The molecule has 0 aromatic carbocycles. The zero-order valence-electron chi connectivity index (χ0n) is 12.5. The van der Waals surface area contributed by atoms with Crippen molar-refractivity contribution in [1.82, 2.24) is 9.80 Å². The second kappa shape index (κ2) is 6.23. The molecule has 4 heteroatoms. The molecular formula is C15H29N3O. The predicted molar refractivity (Wildman–Crippen MR) is 77.9 cm³/mol. The van der Waals surface area contributed by atoms with Crippen molar-refractivity contribution in [1.29, 1.82) is 0 Å². The summed E-state index contributed by atoms with van der Waals surface area (Å²) in [6.45, 7) is 8.37. The number of hydrogen-bond donors (Lipinski definition) is 1. The summed E-state index contributed by atoms with van der Waals surface area (Å²) in [5.41, 5.74) is 6.17. The van der Waals surface area contributed by atoms with Crippen LogP contribution in [0.15, 0.2) is 0 Å². The van der Waals surface area contributed by atoms with Crippen LogP contribution in [0.3, 0.4) is 0 Å². The highest BCUT2D eigenvalue weighted by atomic mass is 16.2. The highest BCUT2D eigenvalue weighted by molar-refractivity contribution is 5.79. The minimum Gasteiger partial charge on any atom is -0.340 e. The number of piperazine rings is 1. The van der Waals surface area contributed by atoms with E-state index in [0.717, 1.165) is 19.6 Å². The predicted octanol–water partition coefficient (Wildman–Crippen LogP) is 1.45. The van der Waals surface area contributed by atoms with E-state index in [0.29, 0.717) is 24.9 Å². The average molecular weight is 267 g/mol. The molecule has 0 unspecified atom stereocenters. The Morgan fingerprint density at radius 2 is 1.89 bits per heavy atom. The van der Waals surface area contributed by atoms with Crippen LogP contribution in [0.5, 0.6) is 0 Å². The van der Waals surface area contributed by atoms with E-state index >= 15 is 0 Å². The van der Waals surface area contributed by atoms with E-state index in [1.807, 2.05) is 4.90 Å². The SMILES string of the molecule is CC(C)CN1CCN(C2(CN)CCCCC2)CC1=O. The van der Waals surface area contributed by atoms with Gasteiger partial charge in [-0.25, -0.2) is 0 Å². The van der Waals surface area contributed by atoms with Gasteiger partial charge in [-0.1, -0.05) is 33.1 Å². The van der Waals surface area contributed by atoms with Gasteiger partial charge in [-0.15, -0.1) is 0 Å². The monoisotopic (exact) mass is 267 g/mol. The van der Waals surface area contributed by atoms with Gasteiger partial charge in [-0.3, -0.25) is 9.69 Å². The molecule has 1 heterocycles. The Hall–Kier alpha value is -0.610. The van der Waals surface area contributed by atoms with Gasteiger partial charge in [0.25, 0.3) is 0 Å². The molecule has 0 aromatic rings. The lowest BCUT2D eigenvalue weighted by atomic mass is 9.80. The van der Waals surface area contributed by atoms with Crippen molar-refractivity contribution in [3.05, 3.63) is 0 Å². The first-order chi connectivity index (χ1) is 9.07. The first kappa shape index (κ1) is 14.8. The van der Waals surface area contributed by atoms with Gasteiger partial charge in [0.05, 0.1) is 6.54 Å². The maximum atomic E-state index is 12.3. The normalized spacial score (nSPS) is 25.1. The quantitative estimate of drug-likeness (QED) is 0.838. The molecule has 1 aliphatic heterocycles. The van der Waals surface area contributed by atoms with Crippen LogP contribution in [0.4, 0.5) is 0 Å². The molecule has 0 atom stereocenters. The van der Waals surface area contributed by atoms with Crippen LogP contribution in [-0.4, -0.2) is 54.0 Å². The van der Waals surface area contributed by atoms with Gasteiger partial charge in [0, 0.05) is 31.7 Å². The van der Waals surface area contributed by atoms with Crippen molar-refractivity contribution < 1.29 is 4.79 Å². The van der Waals surface area contributed by atoms with Crippen LogP contribution in [-0.2, 0) is 4.79 Å². The summed E-state index contributed by atoms with van der Waals surface area (Å²) in [6.07, 6.45) is 6.18. The number of nitrogens with zero attached hydrogens (tertiary/aromatic N) is 2. The van der Waals surface area contributed by atoms with E-state index in [1.165, 1.54) is 32.1 Å². The summed E-state index contributed by atoms with van der Waals surface area (Å²) in [5, 5.41) is 0. The highest BCUT2D eigenvalue weighted by Gasteiger charge is 2.40. The Morgan fingerprint density at radius 1 is 1.21 bits per heavy atom. The fourth-order valence-electron chi connectivity index (χ4n) is 3.61. The van der Waals surface area contributed by atoms with Gasteiger partial charge in [0.15, 0.2) is 0 Å². The minimum absolute atomic E-state index is 0.109. The van der Waals surface area contributed by atoms with Gasteiger partial charge in [-0.05, 0) is 18.8 Å². The van der Waals surface area contributed by atoms with Gasteiger partial charge in [-0.2, -0.15) is 0 Å². The molecule has 1 aliphatic carbocycles. The Labute approximate surface area is 117 Å². The van der Waals surface area contributed by atoms with Gasteiger partial charge in [0.1, 0.15) is 0 Å². The molecule has 0 aromatic heterocycles. The van der Waals surface area contributed by atoms with Crippen LogP contribution in [0.25, 0.3) is 0 Å². The molecule has 0 bridgehead atoms.